The average molecular weight is 103 g/mol. The highest BCUT2D eigenvalue weighted by Gasteiger charge is 1.95. The standard InChI is InChI=1S/C4H9NO2/c1-4(3-6)2-5-7/h4,6H,2-3H2,1H3. The zero-order valence-electron chi connectivity index (χ0n) is 4.29. The number of hydrogen-bond donors (Lipinski definition) is 1. The van der Waals surface area contributed by atoms with Crippen LogP contribution in [-0.4, -0.2) is 18.3 Å². The topological polar surface area (TPSA) is 49.7 Å². The second-order valence-electron chi connectivity index (χ2n) is 1.60. The first-order valence-corrected chi connectivity index (χ1v) is 2.21. The van der Waals surface area contributed by atoms with Gasteiger partial charge in [0.2, 0.25) is 0 Å². The Morgan fingerprint density at radius 1 is 1.86 bits per heavy atom. The van der Waals surface area contributed by atoms with Gasteiger partial charge in [-0.05, 0) is 0 Å². The molecule has 1 atom stereocenters. The molecule has 1 unspecified atom stereocenters. The van der Waals surface area contributed by atoms with E-state index in [0.29, 0.717) is 0 Å². The Kier molecular flexibility index (Phi) is 3.50. The van der Waals surface area contributed by atoms with Crippen molar-refractivity contribution < 1.29 is 5.11 Å². The van der Waals surface area contributed by atoms with E-state index >= 15 is 0 Å². The molecule has 1 N–H and O–H groups in total. The maximum Gasteiger partial charge on any atom is 0.0858 e. The summed E-state index contributed by atoms with van der Waals surface area (Å²) in [5.74, 6) is 0.0255. The van der Waals surface area contributed by atoms with Crippen LogP contribution >= 0.6 is 0 Å². The summed E-state index contributed by atoms with van der Waals surface area (Å²) in [7, 11) is 0. The van der Waals surface area contributed by atoms with Crippen molar-refractivity contribution in [2.75, 3.05) is 13.2 Å². The first-order valence-electron chi connectivity index (χ1n) is 2.21. The maximum atomic E-state index is 9.41. The van der Waals surface area contributed by atoms with Crippen molar-refractivity contribution >= 4 is 0 Å². The molecule has 0 fully saturated rings. The van der Waals surface area contributed by atoms with E-state index in [4.69, 9.17) is 5.11 Å². The Morgan fingerprint density at radius 3 is 2.57 bits per heavy atom. The fraction of sp³-hybridized carbons (Fsp3) is 1.00. The van der Waals surface area contributed by atoms with Crippen molar-refractivity contribution in [1.29, 1.82) is 0 Å². The van der Waals surface area contributed by atoms with Gasteiger partial charge in [0.05, 0.1) is 6.54 Å². The third-order valence-electron chi connectivity index (χ3n) is 0.698. The maximum absolute atomic E-state index is 9.41. The van der Waals surface area contributed by atoms with Gasteiger partial charge in [0.25, 0.3) is 0 Å². The summed E-state index contributed by atoms with van der Waals surface area (Å²) < 4.78 is 0. The van der Waals surface area contributed by atoms with Gasteiger partial charge in [-0.3, -0.25) is 0 Å². The molecule has 0 aromatic heterocycles. The van der Waals surface area contributed by atoms with E-state index in [1.54, 1.807) is 6.92 Å². The number of aliphatic hydroxyl groups excluding tert-OH is 1. The predicted molar refractivity (Wildman–Crippen MR) is 26.9 cm³/mol. The van der Waals surface area contributed by atoms with Gasteiger partial charge in [0.15, 0.2) is 0 Å². The zero-order valence-corrected chi connectivity index (χ0v) is 4.29. The minimum Gasteiger partial charge on any atom is -0.396 e. The van der Waals surface area contributed by atoms with E-state index < -0.39 is 0 Å². The van der Waals surface area contributed by atoms with Gasteiger partial charge in [-0.25, -0.2) is 0 Å². The molecule has 0 aromatic rings. The van der Waals surface area contributed by atoms with Gasteiger partial charge in [-0.2, -0.15) is 4.91 Å². The number of nitroso groups, excluding NO2 is 1. The van der Waals surface area contributed by atoms with Crippen molar-refractivity contribution in [2.45, 2.75) is 6.92 Å². The van der Waals surface area contributed by atoms with E-state index in [9.17, 15) is 4.91 Å². The molecule has 42 valence electrons. The Hall–Kier alpha value is -0.440. The Morgan fingerprint density at radius 2 is 2.43 bits per heavy atom. The highest BCUT2D eigenvalue weighted by Crippen LogP contribution is 1.90. The molecule has 0 aromatic carbocycles. The monoisotopic (exact) mass is 103 g/mol. The summed E-state index contributed by atoms with van der Waals surface area (Å²) in [4.78, 5) is 9.41. The summed E-state index contributed by atoms with van der Waals surface area (Å²) >= 11 is 0. The van der Waals surface area contributed by atoms with E-state index in [0.717, 1.165) is 0 Å². The molecule has 0 aliphatic rings. The van der Waals surface area contributed by atoms with Crippen LogP contribution in [0.1, 0.15) is 6.92 Å². The highest BCUT2D eigenvalue weighted by molar-refractivity contribution is 4.50. The quantitative estimate of drug-likeness (QED) is 0.525. The third-order valence-corrected chi connectivity index (χ3v) is 0.698. The zero-order chi connectivity index (χ0) is 5.70. The van der Waals surface area contributed by atoms with E-state index in [2.05, 4.69) is 5.18 Å². The van der Waals surface area contributed by atoms with Crippen molar-refractivity contribution in [3.8, 4) is 0 Å². The second kappa shape index (κ2) is 3.74. The minimum atomic E-state index is 0.0255. The lowest BCUT2D eigenvalue weighted by atomic mass is 10.2. The molecule has 0 aliphatic carbocycles. The molecular formula is C4H9NO2. The van der Waals surface area contributed by atoms with Crippen molar-refractivity contribution in [3.63, 3.8) is 0 Å². The summed E-state index contributed by atoms with van der Waals surface area (Å²) in [6.45, 7) is 2.03. The van der Waals surface area contributed by atoms with E-state index in [1.807, 2.05) is 0 Å². The van der Waals surface area contributed by atoms with Crippen LogP contribution in [0.3, 0.4) is 0 Å². The molecule has 0 rings (SSSR count). The largest absolute Gasteiger partial charge is 0.396 e. The fourth-order valence-corrected chi connectivity index (χ4v) is 0.185. The fourth-order valence-electron chi connectivity index (χ4n) is 0.185. The van der Waals surface area contributed by atoms with E-state index in [-0.39, 0.29) is 19.1 Å². The molecule has 0 heterocycles. The van der Waals surface area contributed by atoms with Gasteiger partial charge in [-0.1, -0.05) is 12.1 Å². The molecule has 0 spiro atoms. The van der Waals surface area contributed by atoms with Crippen molar-refractivity contribution in [1.82, 2.24) is 0 Å². The van der Waals surface area contributed by atoms with Crippen molar-refractivity contribution in [3.05, 3.63) is 4.91 Å². The normalized spacial score (nSPS) is 13.4. The minimum absolute atomic E-state index is 0.0255. The summed E-state index contributed by atoms with van der Waals surface area (Å²) in [5.41, 5.74) is 0. The average Bonchev–Trinajstić information content (AvgIpc) is 1.68. The third kappa shape index (κ3) is 3.39. The Balaban J connectivity index is 2.98. The van der Waals surface area contributed by atoms with Crippen LogP contribution < -0.4 is 0 Å². The van der Waals surface area contributed by atoms with Crippen LogP contribution in [0.15, 0.2) is 5.18 Å². The molecule has 7 heavy (non-hydrogen) atoms. The molecule has 0 saturated heterocycles. The molecule has 0 saturated carbocycles. The molecular weight excluding hydrogens is 94.0 g/mol. The lowest BCUT2D eigenvalue weighted by Gasteiger charge is -1.96. The van der Waals surface area contributed by atoms with Crippen LogP contribution in [-0.2, 0) is 0 Å². The lowest BCUT2D eigenvalue weighted by molar-refractivity contribution is 0.241. The number of aliphatic hydroxyl groups is 1. The van der Waals surface area contributed by atoms with Crippen LogP contribution in [0.4, 0.5) is 0 Å². The van der Waals surface area contributed by atoms with Crippen LogP contribution in [0.2, 0.25) is 0 Å². The van der Waals surface area contributed by atoms with Gasteiger partial charge in [0, 0.05) is 12.5 Å². The second-order valence-corrected chi connectivity index (χ2v) is 1.60. The highest BCUT2D eigenvalue weighted by atomic mass is 16.3. The summed E-state index contributed by atoms with van der Waals surface area (Å²) in [5, 5.41) is 10.9. The SMILES string of the molecule is CC(CO)CN=O. The molecule has 3 heteroatoms. The molecule has 3 nitrogen and oxygen atoms in total. The number of rotatable bonds is 3. The van der Waals surface area contributed by atoms with Gasteiger partial charge in [0.1, 0.15) is 0 Å². The number of nitrogens with zero attached hydrogens (tertiary/aromatic N) is 1. The molecule has 0 bridgehead atoms. The summed E-state index contributed by atoms with van der Waals surface area (Å²) in [6.07, 6.45) is 0. The van der Waals surface area contributed by atoms with Crippen molar-refractivity contribution in [2.24, 2.45) is 11.1 Å². The number of hydrogen-bond acceptors (Lipinski definition) is 3. The Bertz CT molecular complexity index is 55.7. The van der Waals surface area contributed by atoms with E-state index in [1.165, 1.54) is 0 Å². The van der Waals surface area contributed by atoms with Crippen LogP contribution in [0.5, 0.6) is 0 Å². The molecule has 0 amide bonds. The van der Waals surface area contributed by atoms with Gasteiger partial charge < -0.3 is 5.11 Å². The van der Waals surface area contributed by atoms with Crippen LogP contribution in [0, 0.1) is 10.8 Å². The Labute approximate surface area is 42.3 Å². The summed E-state index contributed by atoms with van der Waals surface area (Å²) in [6, 6.07) is 0. The molecule has 0 radical (unpaired) electrons. The lowest BCUT2D eigenvalue weighted by Crippen LogP contribution is -2.02. The predicted octanol–water partition coefficient (Wildman–Crippen LogP) is 0.381. The van der Waals surface area contributed by atoms with Crippen LogP contribution in [0.25, 0.3) is 0 Å². The van der Waals surface area contributed by atoms with Gasteiger partial charge in [-0.15, -0.1) is 0 Å². The smallest absolute Gasteiger partial charge is 0.0858 e. The van der Waals surface area contributed by atoms with Gasteiger partial charge >= 0.3 is 0 Å². The first kappa shape index (κ1) is 6.56. The molecule has 0 aliphatic heterocycles. The first-order chi connectivity index (χ1) is 3.31.